The van der Waals surface area contributed by atoms with E-state index < -0.39 is 0 Å². The summed E-state index contributed by atoms with van der Waals surface area (Å²) in [6.45, 7) is 7.46. The van der Waals surface area contributed by atoms with Crippen LogP contribution in [0, 0.1) is 0 Å². The SMILES string of the molecule is CC(=O)CCOCCOCCN1C(=O)C=CC1=O.CCC. The van der Waals surface area contributed by atoms with Crippen LogP contribution in [-0.4, -0.2) is 55.5 Å². The van der Waals surface area contributed by atoms with E-state index in [1.165, 1.54) is 25.5 Å². The fourth-order valence-corrected chi connectivity index (χ4v) is 1.35. The van der Waals surface area contributed by atoms with Crippen molar-refractivity contribution in [2.75, 3.05) is 33.0 Å². The van der Waals surface area contributed by atoms with Gasteiger partial charge in [-0.25, -0.2) is 0 Å². The highest BCUT2D eigenvalue weighted by molar-refractivity contribution is 6.12. The van der Waals surface area contributed by atoms with Crippen molar-refractivity contribution in [1.82, 2.24) is 4.90 Å². The monoisotopic (exact) mass is 299 g/mol. The van der Waals surface area contributed by atoms with Gasteiger partial charge in [0.25, 0.3) is 11.8 Å². The van der Waals surface area contributed by atoms with Gasteiger partial charge in [0.2, 0.25) is 0 Å². The summed E-state index contributed by atoms with van der Waals surface area (Å²) < 4.78 is 10.4. The van der Waals surface area contributed by atoms with Gasteiger partial charge in [0.1, 0.15) is 5.78 Å². The third kappa shape index (κ3) is 9.92. The Hall–Kier alpha value is -1.53. The summed E-state index contributed by atoms with van der Waals surface area (Å²) in [5.41, 5.74) is 0. The molecule has 0 spiro atoms. The van der Waals surface area contributed by atoms with Crippen LogP contribution in [0.2, 0.25) is 0 Å². The smallest absolute Gasteiger partial charge is 0.253 e. The molecule has 0 aromatic heterocycles. The van der Waals surface area contributed by atoms with Gasteiger partial charge in [-0.1, -0.05) is 20.3 Å². The van der Waals surface area contributed by atoms with Crippen LogP contribution in [0.5, 0.6) is 0 Å². The molecular formula is C15H25NO5. The second-order valence-electron chi connectivity index (χ2n) is 4.55. The quantitative estimate of drug-likeness (QED) is 0.474. The van der Waals surface area contributed by atoms with Crippen LogP contribution in [0.25, 0.3) is 0 Å². The number of ether oxygens (including phenoxy) is 2. The Labute approximate surface area is 126 Å². The Bertz CT molecular complexity index is 347. The van der Waals surface area contributed by atoms with Crippen molar-refractivity contribution in [2.24, 2.45) is 0 Å². The minimum Gasteiger partial charge on any atom is -0.379 e. The van der Waals surface area contributed by atoms with Gasteiger partial charge in [-0.15, -0.1) is 0 Å². The van der Waals surface area contributed by atoms with Crippen LogP contribution in [0.1, 0.15) is 33.6 Å². The zero-order chi connectivity index (χ0) is 16.1. The lowest BCUT2D eigenvalue weighted by atomic mass is 10.3. The van der Waals surface area contributed by atoms with Gasteiger partial charge < -0.3 is 9.47 Å². The Morgan fingerprint density at radius 3 is 1.95 bits per heavy atom. The summed E-state index contributed by atoms with van der Waals surface area (Å²) in [4.78, 5) is 34.0. The Morgan fingerprint density at radius 2 is 1.48 bits per heavy atom. The summed E-state index contributed by atoms with van der Waals surface area (Å²) in [6.07, 6.45) is 4.14. The molecule has 0 radical (unpaired) electrons. The summed E-state index contributed by atoms with van der Waals surface area (Å²) >= 11 is 0. The van der Waals surface area contributed by atoms with E-state index in [-0.39, 0.29) is 30.7 Å². The largest absolute Gasteiger partial charge is 0.379 e. The van der Waals surface area contributed by atoms with Crippen LogP contribution >= 0.6 is 0 Å². The summed E-state index contributed by atoms with van der Waals surface area (Å²) in [6, 6.07) is 0. The molecule has 0 unspecified atom stereocenters. The number of nitrogens with zero attached hydrogens (tertiary/aromatic N) is 1. The third-order valence-electron chi connectivity index (χ3n) is 2.33. The van der Waals surface area contributed by atoms with E-state index in [0.29, 0.717) is 26.2 Å². The first-order valence-electron chi connectivity index (χ1n) is 7.21. The van der Waals surface area contributed by atoms with Crippen molar-refractivity contribution < 1.29 is 23.9 Å². The Balaban J connectivity index is 0.00000122. The van der Waals surface area contributed by atoms with E-state index in [0.717, 1.165) is 4.90 Å². The van der Waals surface area contributed by atoms with Gasteiger partial charge >= 0.3 is 0 Å². The predicted molar refractivity (Wildman–Crippen MR) is 78.8 cm³/mol. The minimum absolute atomic E-state index is 0.0921. The van der Waals surface area contributed by atoms with Crippen LogP contribution in [0.15, 0.2) is 12.2 Å². The molecule has 0 saturated carbocycles. The molecule has 0 N–H and O–H groups in total. The van der Waals surface area contributed by atoms with Crippen LogP contribution in [0.4, 0.5) is 0 Å². The average molecular weight is 299 g/mol. The van der Waals surface area contributed by atoms with Crippen molar-refractivity contribution in [3.05, 3.63) is 12.2 Å². The maximum absolute atomic E-state index is 11.2. The number of imide groups is 1. The third-order valence-corrected chi connectivity index (χ3v) is 2.33. The summed E-state index contributed by atoms with van der Waals surface area (Å²) in [5, 5.41) is 0. The van der Waals surface area contributed by atoms with Gasteiger partial charge in [-0.2, -0.15) is 0 Å². The molecule has 21 heavy (non-hydrogen) atoms. The van der Waals surface area contributed by atoms with E-state index in [1.807, 2.05) is 0 Å². The van der Waals surface area contributed by atoms with Gasteiger partial charge in [-0.05, 0) is 6.92 Å². The number of ketones is 1. The fourth-order valence-electron chi connectivity index (χ4n) is 1.35. The molecule has 1 aliphatic heterocycles. The van der Waals surface area contributed by atoms with E-state index >= 15 is 0 Å². The lowest BCUT2D eigenvalue weighted by Crippen LogP contribution is -2.33. The lowest BCUT2D eigenvalue weighted by Gasteiger charge is -2.13. The molecule has 0 saturated heterocycles. The molecular weight excluding hydrogens is 274 g/mol. The van der Waals surface area contributed by atoms with Crippen molar-refractivity contribution in [2.45, 2.75) is 33.6 Å². The topological polar surface area (TPSA) is 72.9 Å². The number of carbonyl (C=O) groups is 3. The summed E-state index contributed by atoms with van der Waals surface area (Å²) in [7, 11) is 0. The molecule has 1 rings (SSSR count). The molecule has 0 fully saturated rings. The first kappa shape index (κ1) is 19.5. The maximum atomic E-state index is 11.2. The van der Waals surface area contributed by atoms with Crippen LogP contribution in [0.3, 0.4) is 0 Å². The molecule has 0 aromatic rings. The lowest BCUT2D eigenvalue weighted by molar-refractivity contribution is -0.137. The van der Waals surface area contributed by atoms with Gasteiger partial charge in [0.15, 0.2) is 0 Å². The molecule has 0 bridgehead atoms. The van der Waals surface area contributed by atoms with E-state index in [1.54, 1.807) is 0 Å². The first-order valence-corrected chi connectivity index (χ1v) is 7.21. The molecule has 120 valence electrons. The van der Waals surface area contributed by atoms with Crippen molar-refractivity contribution in [3.8, 4) is 0 Å². The molecule has 6 nitrogen and oxygen atoms in total. The number of carbonyl (C=O) groups excluding carboxylic acids is 3. The highest BCUT2D eigenvalue weighted by Crippen LogP contribution is 2.02. The van der Waals surface area contributed by atoms with Gasteiger partial charge in [0, 0.05) is 18.6 Å². The zero-order valence-corrected chi connectivity index (χ0v) is 13.1. The molecule has 1 aliphatic rings. The number of rotatable bonds is 9. The van der Waals surface area contributed by atoms with Crippen LogP contribution < -0.4 is 0 Å². The standard InChI is InChI=1S/C12H17NO5.C3H8/c1-10(14)4-6-17-8-9-18-7-5-13-11(15)2-3-12(13)16;1-3-2/h2-3H,4-9H2,1H3;3H2,1-2H3. The summed E-state index contributed by atoms with van der Waals surface area (Å²) in [5.74, 6) is -0.517. The first-order chi connectivity index (χ1) is 10.0. The van der Waals surface area contributed by atoms with Crippen LogP contribution in [-0.2, 0) is 23.9 Å². The minimum atomic E-state index is -0.304. The highest BCUT2D eigenvalue weighted by atomic mass is 16.5. The van der Waals surface area contributed by atoms with Crippen molar-refractivity contribution >= 4 is 17.6 Å². The molecule has 1 heterocycles. The number of hydrogen-bond donors (Lipinski definition) is 0. The maximum Gasteiger partial charge on any atom is 0.253 e. The molecule has 0 aliphatic carbocycles. The normalized spacial score (nSPS) is 13.4. The average Bonchev–Trinajstić information content (AvgIpc) is 2.73. The molecule has 6 heteroatoms. The second kappa shape index (κ2) is 12.2. The molecule has 0 aromatic carbocycles. The zero-order valence-electron chi connectivity index (χ0n) is 13.1. The number of Topliss-reactive ketones (excluding diaryl/α,β-unsaturated/α-hetero) is 1. The van der Waals surface area contributed by atoms with Gasteiger partial charge in [0.05, 0.1) is 33.0 Å². The molecule has 0 atom stereocenters. The molecule has 2 amide bonds. The predicted octanol–water partition coefficient (Wildman–Crippen LogP) is 1.34. The van der Waals surface area contributed by atoms with Crippen molar-refractivity contribution in [3.63, 3.8) is 0 Å². The number of hydrogen-bond acceptors (Lipinski definition) is 5. The Morgan fingerprint density at radius 1 is 1.00 bits per heavy atom. The Kier molecular flexibility index (Phi) is 11.3. The highest BCUT2D eigenvalue weighted by Gasteiger charge is 2.22. The van der Waals surface area contributed by atoms with Crippen molar-refractivity contribution in [1.29, 1.82) is 0 Å². The van der Waals surface area contributed by atoms with Gasteiger partial charge in [-0.3, -0.25) is 19.3 Å². The number of amides is 2. The van der Waals surface area contributed by atoms with E-state index in [4.69, 9.17) is 9.47 Å². The van der Waals surface area contributed by atoms with E-state index in [2.05, 4.69) is 13.8 Å². The van der Waals surface area contributed by atoms with E-state index in [9.17, 15) is 14.4 Å². The second-order valence-corrected chi connectivity index (χ2v) is 4.55. The fraction of sp³-hybridized carbons (Fsp3) is 0.667.